The zero-order valence-corrected chi connectivity index (χ0v) is 9.74. The van der Waals surface area contributed by atoms with Crippen LogP contribution < -0.4 is 0 Å². The smallest absolute Gasteiger partial charge is 0.0818 e. The normalized spacial score (nSPS) is 11.5. The Morgan fingerprint density at radius 3 is 2.82 bits per heavy atom. The minimum Gasteiger partial charge on any atom is -0.256 e. The summed E-state index contributed by atoms with van der Waals surface area (Å²) < 4.78 is 1.25. The van der Waals surface area contributed by atoms with Crippen LogP contribution in [0.15, 0.2) is 48.1 Å². The molecule has 2 heterocycles. The van der Waals surface area contributed by atoms with Crippen molar-refractivity contribution in [1.82, 2.24) is 9.97 Å². The second-order valence-electron chi connectivity index (χ2n) is 4.01. The molecule has 2 nitrogen and oxygen atoms in total. The van der Waals surface area contributed by atoms with Gasteiger partial charge in [0.2, 0.25) is 0 Å². The second kappa shape index (κ2) is 3.25. The van der Waals surface area contributed by atoms with Gasteiger partial charge in [-0.15, -0.1) is 11.3 Å². The van der Waals surface area contributed by atoms with Crippen molar-refractivity contribution in [2.45, 2.75) is 0 Å². The van der Waals surface area contributed by atoms with Crippen molar-refractivity contribution in [3.05, 3.63) is 48.1 Å². The SMILES string of the molecule is c1ccc2c(c1)ncc1ccc3ncsc3c12. The van der Waals surface area contributed by atoms with Crippen LogP contribution in [0.1, 0.15) is 0 Å². The van der Waals surface area contributed by atoms with E-state index in [1.54, 1.807) is 11.3 Å². The molecule has 0 amide bonds. The molecule has 0 bridgehead atoms. The number of nitrogens with zero attached hydrogens (tertiary/aromatic N) is 2. The summed E-state index contributed by atoms with van der Waals surface area (Å²) in [5, 5.41) is 3.66. The lowest BCUT2D eigenvalue weighted by Gasteiger charge is -2.03. The van der Waals surface area contributed by atoms with E-state index in [2.05, 4.69) is 40.3 Å². The zero-order chi connectivity index (χ0) is 11.2. The molecule has 0 saturated carbocycles. The first-order valence-electron chi connectivity index (χ1n) is 5.43. The highest BCUT2D eigenvalue weighted by atomic mass is 32.1. The molecule has 2 aromatic carbocycles. The molecule has 4 rings (SSSR count). The van der Waals surface area contributed by atoms with Crippen LogP contribution in [-0.2, 0) is 0 Å². The van der Waals surface area contributed by atoms with Crippen LogP contribution in [0.25, 0.3) is 31.9 Å². The molecule has 0 saturated heterocycles. The van der Waals surface area contributed by atoms with E-state index < -0.39 is 0 Å². The molecule has 0 radical (unpaired) electrons. The molecule has 0 aliphatic rings. The van der Waals surface area contributed by atoms with Crippen molar-refractivity contribution in [2.24, 2.45) is 0 Å². The molecule has 0 spiro atoms. The molecule has 80 valence electrons. The van der Waals surface area contributed by atoms with Crippen LogP contribution in [0.2, 0.25) is 0 Å². The second-order valence-corrected chi connectivity index (χ2v) is 4.86. The molecule has 4 aromatic rings. The van der Waals surface area contributed by atoms with Crippen LogP contribution in [0, 0.1) is 0 Å². The minimum absolute atomic E-state index is 1.04. The molecule has 17 heavy (non-hydrogen) atoms. The highest BCUT2D eigenvalue weighted by Gasteiger charge is 2.07. The van der Waals surface area contributed by atoms with Gasteiger partial charge in [-0.05, 0) is 12.1 Å². The standard InChI is InChI=1S/C14H8N2S/c1-2-4-11-10(3-1)13-9(7-15-11)5-6-12-14(13)17-8-16-12/h1-8H. The minimum atomic E-state index is 1.04. The zero-order valence-electron chi connectivity index (χ0n) is 8.92. The Kier molecular flexibility index (Phi) is 1.73. The lowest BCUT2D eigenvalue weighted by molar-refractivity contribution is 1.44. The van der Waals surface area contributed by atoms with Gasteiger partial charge in [0, 0.05) is 22.4 Å². The van der Waals surface area contributed by atoms with Crippen molar-refractivity contribution < 1.29 is 0 Å². The molecular formula is C14H8N2S. The first kappa shape index (κ1) is 9.07. The number of benzene rings is 2. The number of pyridine rings is 1. The number of aromatic nitrogens is 2. The fourth-order valence-corrected chi connectivity index (χ4v) is 3.12. The summed E-state index contributed by atoms with van der Waals surface area (Å²) >= 11 is 1.69. The summed E-state index contributed by atoms with van der Waals surface area (Å²) in [5.41, 5.74) is 4.01. The molecule has 3 heteroatoms. The van der Waals surface area contributed by atoms with E-state index in [1.165, 1.54) is 20.9 Å². The monoisotopic (exact) mass is 236 g/mol. The summed E-state index contributed by atoms with van der Waals surface area (Å²) in [6, 6.07) is 12.4. The van der Waals surface area contributed by atoms with Crippen molar-refractivity contribution in [3.63, 3.8) is 0 Å². The van der Waals surface area contributed by atoms with Crippen LogP contribution in [-0.4, -0.2) is 9.97 Å². The van der Waals surface area contributed by atoms with E-state index >= 15 is 0 Å². The van der Waals surface area contributed by atoms with Gasteiger partial charge >= 0.3 is 0 Å². The van der Waals surface area contributed by atoms with E-state index in [4.69, 9.17) is 0 Å². The first-order chi connectivity index (χ1) is 8.43. The van der Waals surface area contributed by atoms with Gasteiger partial charge in [-0.3, -0.25) is 4.98 Å². The predicted octanol–water partition coefficient (Wildman–Crippen LogP) is 4.00. The highest BCUT2D eigenvalue weighted by molar-refractivity contribution is 7.17. The number of hydrogen-bond acceptors (Lipinski definition) is 3. The maximum Gasteiger partial charge on any atom is 0.0818 e. The van der Waals surface area contributed by atoms with Crippen molar-refractivity contribution in [3.8, 4) is 0 Å². The van der Waals surface area contributed by atoms with Gasteiger partial charge in [-0.25, -0.2) is 4.98 Å². The maximum atomic E-state index is 4.48. The van der Waals surface area contributed by atoms with Gasteiger partial charge in [-0.1, -0.05) is 24.3 Å². The summed E-state index contributed by atoms with van der Waals surface area (Å²) in [6.07, 6.45) is 1.94. The molecular weight excluding hydrogens is 228 g/mol. The number of rotatable bonds is 0. The van der Waals surface area contributed by atoms with Crippen LogP contribution in [0.4, 0.5) is 0 Å². The Balaban J connectivity index is 2.41. The average molecular weight is 236 g/mol. The van der Waals surface area contributed by atoms with E-state index in [0.29, 0.717) is 0 Å². The third-order valence-corrected chi connectivity index (χ3v) is 3.91. The van der Waals surface area contributed by atoms with Gasteiger partial charge < -0.3 is 0 Å². The van der Waals surface area contributed by atoms with Crippen molar-refractivity contribution in [2.75, 3.05) is 0 Å². The molecule has 0 aliphatic heterocycles. The number of hydrogen-bond donors (Lipinski definition) is 0. The summed E-state index contributed by atoms with van der Waals surface area (Å²) in [7, 11) is 0. The Morgan fingerprint density at radius 2 is 1.82 bits per heavy atom. The molecule has 2 aromatic heterocycles. The van der Waals surface area contributed by atoms with E-state index in [1.807, 2.05) is 17.8 Å². The van der Waals surface area contributed by atoms with Crippen molar-refractivity contribution in [1.29, 1.82) is 0 Å². The highest BCUT2D eigenvalue weighted by Crippen LogP contribution is 2.32. The van der Waals surface area contributed by atoms with Gasteiger partial charge in [0.1, 0.15) is 0 Å². The number of fused-ring (bicyclic) bond motifs is 5. The molecule has 0 unspecified atom stereocenters. The number of para-hydroxylation sites is 1. The van der Waals surface area contributed by atoms with E-state index in [0.717, 1.165) is 11.0 Å². The summed E-state index contributed by atoms with van der Waals surface area (Å²) in [5.74, 6) is 0. The Labute approximate surface area is 102 Å². The van der Waals surface area contributed by atoms with Crippen molar-refractivity contribution >= 4 is 43.2 Å². The topological polar surface area (TPSA) is 25.8 Å². The Bertz CT molecular complexity index is 848. The largest absolute Gasteiger partial charge is 0.256 e. The quantitative estimate of drug-likeness (QED) is 0.431. The van der Waals surface area contributed by atoms with Gasteiger partial charge in [0.15, 0.2) is 0 Å². The Hall–Kier alpha value is -2.00. The average Bonchev–Trinajstić information content (AvgIpc) is 2.86. The first-order valence-corrected chi connectivity index (χ1v) is 6.31. The summed E-state index contributed by atoms with van der Waals surface area (Å²) in [6.45, 7) is 0. The number of thiazole rings is 1. The van der Waals surface area contributed by atoms with E-state index in [9.17, 15) is 0 Å². The molecule has 0 aliphatic carbocycles. The molecule has 0 fully saturated rings. The Morgan fingerprint density at radius 1 is 0.882 bits per heavy atom. The molecule has 0 atom stereocenters. The third-order valence-electron chi connectivity index (χ3n) is 3.05. The predicted molar refractivity (Wildman–Crippen MR) is 72.4 cm³/mol. The maximum absolute atomic E-state index is 4.48. The summed E-state index contributed by atoms with van der Waals surface area (Å²) in [4.78, 5) is 8.86. The van der Waals surface area contributed by atoms with Crippen LogP contribution in [0.3, 0.4) is 0 Å². The van der Waals surface area contributed by atoms with Gasteiger partial charge in [0.05, 0.1) is 21.2 Å². The van der Waals surface area contributed by atoms with Crippen LogP contribution >= 0.6 is 11.3 Å². The third kappa shape index (κ3) is 1.20. The lowest BCUT2D eigenvalue weighted by Crippen LogP contribution is -1.81. The van der Waals surface area contributed by atoms with E-state index in [-0.39, 0.29) is 0 Å². The van der Waals surface area contributed by atoms with Crippen LogP contribution in [0.5, 0.6) is 0 Å². The fraction of sp³-hybridized carbons (Fsp3) is 0. The van der Waals surface area contributed by atoms with Gasteiger partial charge in [0.25, 0.3) is 0 Å². The lowest BCUT2D eigenvalue weighted by atomic mass is 10.1. The van der Waals surface area contributed by atoms with Gasteiger partial charge in [-0.2, -0.15) is 0 Å². The molecule has 0 N–H and O–H groups in total. The fourth-order valence-electron chi connectivity index (χ4n) is 2.27.